The largest absolute Gasteiger partial charge is 0.465 e. The predicted molar refractivity (Wildman–Crippen MR) is 84.1 cm³/mol. The average molecular weight is 316 g/mol. The minimum Gasteiger partial charge on any atom is -0.465 e. The Morgan fingerprint density at radius 2 is 2.00 bits per heavy atom. The van der Waals surface area contributed by atoms with E-state index in [0.717, 1.165) is 11.1 Å². The van der Waals surface area contributed by atoms with Crippen LogP contribution in [-0.2, 0) is 11.6 Å². The summed E-state index contributed by atoms with van der Waals surface area (Å²) >= 11 is 6.23. The highest BCUT2D eigenvalue weighted by atomic mass is 35.5. The summed E-state index contributed by atoms with van der Waals surface area (Å²) in [5, 5.41) is 20.7. The van der Waals surface area contributed by atoms with Gasteiger partial charge in [-0.15, -0.1) is 0 Å². The molecule has 0 saturated heterocycles. The molecule has 0 aliphatic rings. The average Bonchev–Trinajstić information content (AvgIpc) is 2.29. The Morgan fingerprint density at radius 3 is 2.40 bits per heavy atom. The van der Waals surface area contributed by atoms with Crippen molar-refractivity contribution in [2.45, 2.75) is 38.1 Å². The highest BCUT2D eigenvalue weighted by Gasteiger charge is 2.42. The van der Waals surface area contributed by atoms with Gasteiger partial charge in [-0.05, 0) is 30.5 Å². The van der Waals surface area contributed by atoms with Crippen molar-refractivity contribution in [2.24, 2.45) is 0 Å². The number of aliphatic hydroxyl groups excluding tert-OH is 1. The molecule has 0 bridgehead atoms. The molecule has 1 atom stereocenters. The summed E-state index contributed by atoms with van der Waals surface area (Å²) in [5.74, 6) is 0. The van der Waals surface area contributed by atoms with Gasteiger partial charge in [0.1, 0.15) is 0 Å². The third-order valence-corrected chi connectivity index (χ3v) is 7.63. The summed E-state index contributed by atoms with van der Waals surface area (Å²) in [6.45, 7) is 8.28. The van der Waals surface area contributed by atoms with Gasteiger partial charge in [0, 0.05) is 11.6 Å². The molecule has 1 aromatic carbocycles. The van der Waals surface area contributed by atoms with Crippen molar-refractivity contribution >= 4 is 25.8 Å². The van der Waals surface area contributed by atoms with Crippen molar-refractivity contribution in [3.63, 3.8) is 0 Å². The Balaban J connectivity index is 3.29. The van der Waals surface area contributed by atoms with Crippen LogP contribution >= 0.6 is 11.6 Å². The third-order valence-electron chi connectivity index (χ3n) is 3.87. The van der Waals surface area contributed by atoms with E-state index >= 15 is 0 Å². The summed E-state index contributed by atoms with van der Waals surface area (Å²) in [7, 11) is -1.87. The number of hydrogen-bond acceptors (Lipinski definition) is 2. The SMILES string of the molecule is CC(NC(=O)O)(c1ccc(CCO)c(Cl)c1)[Si](C)(C)C. The molecular formula is C14H22ClNO3Si. The van der Waals surface area contributed by atoms with Gasteiger partial charge in [0.15, 0.2) is 0 Å². The van der Waals surface area contributed by atoms with Gasteiger partial charge in [-0.25, -0.2) is 4.79 Å². The second-order valence-corrected chi connectivity index (χ2v) is 12.0. The fourth-order valence-electron chi connectivity index (χ4n) is 2.09. The lowest BCUT2D eigenvalue weighted by molar-refractivity contribution is 0.187. The van der Waals surface area contributed by atoms with Crippen LogP contribution in [0.2, 0.25) is 24.7 Å². The van der Waals surface area contributed by atoms with Crippen LogP contribution < -0.4 is 5.32 Å². The number of halogens is 1. The van der Waals surface area contributed by atoms with Crippen LogP contribution in [0.15, 0.2) is 18.2 Å². The second-order valence-electron chi connectivity index (χ2n) is 6.08. The minimum absolute atomic E-state index is 0.0394. The van der Waals surface area contributed by atoms with Gasteiger partial charge in [0.05, 0.1) is 13.2 Å². The molecule has 0 radical (unpaired) electrons. The number of nitrogens with one attached hydrogen (secondary N) is 1. The Morgan fingerprint density at radius 1 is 1.40 bits per heavy atom. The van der Waals surface area contributed by atoms with Crippen molar-refractivity contribution in [3.05, 3.63) is 34.3 Å². The highest BCUT2D eigenvalue weighted by Crippen LogP contribution is 2.34. The molecule has 1 aromatic rings. The quantitative estimate of drug-likeness (QED) is 0.731. The third kappa shape index (κ3) is 3.53. The zero-order valence-electron chi connectivity index (χ0n) is 12.3. The molecule has 0 aromatic heterocycles. The van der Waals surface area contributed by atoms with E-state index in [1.165, 1.54) is 0 Å². The Hall–Kier alpha value is -1.04. The maximum Gasteiger partial charge on any atom is 0.405 e. The molecule has 0 saturated carbocycles. The van der Waals surface area contributed by atoms with Crippen LogP contribution in [0.4, 0.5) is 4.79 Å². The van der Waals surface area contributed by atoms with Crippen LogP contribution in [0.5, 0.6) is 0 Å². The lowest BCUT2D eigenvalue weighted by atomic mass is 10.0. The van der Waals surface area contributed by atoms with Crippen molar-refractivity contribution in [3.8, 4) is 0 Å². The summed E-state index contributed by atoms with van der Waals surface area (Å²) in [6, 6.07) is 5.56. The van der Waals surface area contributed by atoms with Gasteiger partial charge < -0.3 is 15.5 Å². The lowest BCUT2D eigenvalue weighted by Crippen LogP contribution is -2.58. The van der Waals surface area contributed by atoms with E-state index < -0.39 is 19.3 Å². The fourth-order valence-corrected chi connectivity index (χ4v) is 3.87. The number of hydrogen-bond donors (Lipinski definition) is 3. The van der Waals surface area contributed by atoms with Crippen LogP contribution in [0.1, 0.15) is 18.1 Å². The molecular weight excluding hydrogens is 294 g/mol. The van der Waals surface area contributed by atoms with Gasteiger partial charge >= 0.3 is 6.09 Å². The number of rotatable bonds is 5. The molecule has 4 nitrogen and oxygen atoms in total. The second kappa shape index (κ2) is 6.16. The zero-order valence-corrected chi connectivity index (χ0v) is 14.1. The van der Waals surface area contributed by atoms with Gasteiger partial charge in [-0.3, -0.25) is 0 Å². The molecule has 1 rings (SSSR count). The summed E-state index contributed by atoms with van der Waals surface area (Å²) in [4.78, 5) is 11.1. The first-order valence-corrected chi connectivity index (χ1v) is 10.4. The molecule has 20 heavy (non-hydrogen) atoms. The first-order valence-electron chi connectivity index (χ1n) is 6.52. The highest BCUT2D eigenvalue weighted by molar-refractivity contribution is 6.79. The summed E-state index contributed by atoms with van der Waals surface area (Å²) < 4.78 is 0. The molecule has 0 aliphatic carbocycles. The Kier molecular flexibility index (Phi) is 5.24. The van der Waals surface area contributed by atoms with E-state index in [1.807, 2.05) is 19.1 Å². The first kappa shape index (κ1) is 17.0. The molecule has 1 amide bonds. The zero-order chi connectivity index (χ0) is 15.6. The fraction of sp³-hybridized carbons (Fsp3) is 0.500. The number of carboxylic acid groups (broad SMARTS) is 1. The van der Waals surface area contributed by atoms with Gasteiger partial charge in [-0.2, -0.15) is 0 Å². The van der Waals surface area contributed by atoms with Crippen molar-refractivity contribution in [1.82, 2.24) is 5.32 Å². The van der Waals surface area contributed by atoms with Gasteiger partial charge in [0.2, 0.25) is 0 Å². The molecule has 0 aliphatic heterocycles. The maximum atomic E-state index is 11.1. The van der Waals surface area contributed by atoms with Crippen LogP contribution in [0, 0.1) is 0 Å². The molecule has 1 unspecified atom stereocenters. The minimum atomic E-state index is -1.87. The van der Waals surface area contributed by atoms with Crippen LogP contribution in [0.3, 0.4) is 0 Å². The summed E-state index contributed by atoms with van der Waals surface area (Å²) in [6.07, 6.45) is -0.541. The number of carbonyl (C=O) groups is 1. The smallest absolute Gasteiger partial charge is 0.405 e. The lowest BCUT2D eigenvalue weighted by Gasteiger charge is -2.41. The van der Waals surface area contributed by atoms with Crippen LogP contribution in [-0.4, -0.2) is 31.0 Å². The predicted octanol–water partition coefficient (Wildman–Crippen LogP) is 3.24. The van der Waals surface area contributed by atoms with Crippen molar-refractivity contribution in [1.29, 1.82) is 0 Å². The topological polar surface area (TPSA) is 69.6 Å². The number of benzene rings is 1. The van der Waals surface area contributed by atoms with E-state index in [-0.39, 0.29) is 6.61 Å². The normalized spacial score (nSPS) is 14.7. The molecule has 0 fully saturated rings. The van der Waals surface area contributed by atoms with Crippen molar-refractivity contribution < 1.29 is 15.0 Å². The first-order chi connectivity index (χ1) is 9.11. The molecule has 3 N–H and O–H groups in total. The Labute approximate surface area is 125 Å². The summed E-state index contributed by atoms with van der Waals surface area (Å²) in [5.41, 5.74) is 1.73. The van der Waals surface area contributed by atoms with Gasteiger partial charge in [0.25, 0.3) is 0 Å². The van der Waals surface area contributed by atoms with Crippen LogP contribution in [0.25, 0.3) is 0 Å². The maximum absolute atomic E-state index is 11.1. The molecule has 112 valence electrons. The van der Waals surface area contributed by atoms with E-state index in [0.29, 0.717) is 11.4 Å². The monoisotopic (exact) mass is 315 g/mol. The number of amides is 1. The molecule has 0 heterocycles. The van der Waals surface area contributed by atoms with E-state index in [2.05, 4.69) is 25.0 Å². The van der Waals surface area contributed by atoms with Gasteiger partial charge in [-0.1, -0.05) is 43.4 Å². The molecule has 6 heteroatoms. The van der Waals surface area contributed by atoms with E-state index in [1.54, 1.807) is 6.07 Å². The van der Waals surface area contributed by atoms with Crippen molar-refractivity contribution in [2.75, 3.05) is 6.61 Å². The van der Waals surface area contributed by atoms with E-state index in [4.69, 9.17) is 21.8 Å². The standard InChI is InChI=1S/C14H22ClNO3Si/c1-14(16-13(18)19,20(2,3)4)11-6-5-10(7-8-17)12(15)9-11/h5-6,9,16-17H,7-8H2,1-4H3,(H,18,19). The van der Waals surface area contributed by atoms with E-state index in [9.17, 15) is 4.79 Å². The number of aliphatic hydroxyl groups is 1. The molecule has 0 spiro atoms. The Bertz CT molecular complexity index is 502.